The predicted octanol–water partition coefficient (Wildman–Crippen LogP) is 2.82. The van der Waals surface area contributed by atoms with Gasteiger partial charge in [-0.2, -0.15) is 0 Å². The minimum Gasteiger partial charge on any atom is -0.455 e. The zero-order valence-corrected chi connectivity index (χ0v) is 21.6. The number of fused-ring (bicyclic) bond motifs is 1. The molecule has 182 valence electrons. The SMILES string of the molecule is CCOCO[C@@H]1C(=O)O[C@H](CO[Si](C)(C)C(C)(C)C)[C@H]2O[C@](C)(OC)[C@@](C)(OC)O[C@@H]21. The minimum atomic E-state index is -2.08. The van der Waals surface area contributed by atoms with Crippen LogP contribution in [0, 0.1) is 0 Å². The van der Waals surface area contributed by atoms with Gasteiger partial charge in [-0.25, -0.2) is 4.79 Å². The van der Waals surface area contributed by atoms with Gasteiger partial charge < -0.3 is 37.6 Å². The van der Waals surface area contributed by atoms with Crippen LogP contribution in [0.15, 0.2) is 0 Å². The van der Waals surface area contributed by atoms with Crippen LogP contribution < -0.4 is 0 Å². The number of methoxy groups -OCH3 is 2. The lowest BCUT2D eigenvalue weighted by molar-refractivity contribution is -0.464. The van der Waals surface area contributed by atoms with E-state index in [0.717, 1.165) is 0 Å². The van der Waals surface area contributed by atoms with Gasteiger partial charge >= 0.3 is 5.97 Å². The Morgan fingerprint density at radius 1 is 1.03 bits per heavy atom. The second kappa shape index (κ2) is 9.72. The van der Waals surface area contributed by atoms with Crippen molar-refractivity contribution in [3.63, 3.8) is 0 Å². The monoisotopic (exact) mass is 464 g/mol. The summed E-state index contributed by atoms with van der Waals surface area (Å²) in [6, 6.07) is 0. The number of esters is 1. The smallest absolute Gasteiger partial charge is 0.338 e. The third kappa shape index (κ3) is 5.32. The number of rotatable bonds is 9. The van der Waals surface area contributed by atoms with Crippen molar-refractivity contribution in [2.24, 2.45) is 0 Å². The summed E-state index contributed by atoms with van der Waals surface area (Å²) in [6.45, 7) is 16.6. The van der Waals surface area contributed by atoms with Gasteiger partial charge in [0.05, 0.1) is 6.61 Å². The molecule has 2 fully saturated rings. The number of hydrogen-bond donors (Lipinski definition) is 0. The minimum absolute atomic E-state index is 0.00774. The summed E-state index contributed by atoms with van der Waals surface area (Å²) in [4.78, 5) is 12.9. The molecular formula is C21H40O9Si. The van der Waals surface area contributed by atoms with Crippen molar-refractivity contribution in [3.8, 4) is 0 Å². The van der Waals surface area contributed by atoms with Crippen LogP contribution in [0.3, 0.4) is 0 Å². The Hall–Kier alpha value is -0.593. The van der Waals surface area contributed by atoms with Crippen molar-refractivity contribution in [2.75, 3.05) is 34.2 Å². The van der Waals surface area contributed by atoms with E-state index in [1.165, 1.54) is 14.2 Å². The van der Waals surface area contributed by atoms with E-state index in [1.54, 1.807) is 13.8 Å². The average Bonchev–Trinajstić information content (AvgIpc) is 2.69. The molecule has 0 unspecified atom stereocenters. The second-order valence-electron chi connectivity index (χ2n) is 9.71. The molecule has 0 aromatic rings. The Kier molecular flexibility index (Phi) is 8.36. The predicted molar refractivity (Wildman–Crippen MR) is 115 cm³/mol. The molecule has 0 N–H and O–H groups in total. The number of carbonyl (C=O) groups is 1. The fourth-order valence-corrected chi connectivity index (χ4v) is 4.29. The molecule has 2 rings (SSSR count). The quantitative estimate of drug-likeness (QED) is 0.221. The Morgan fingerprint density at radius 2 is 1.58 bits per heavy atom. The van der Waals surface area contributed by atoms with Gasteiger partial charge in [0.1, 0.15) is 19.0 Å². The molecule has 0 aromatic heterocycles. The Bertz CT molecular complexity index is 622. The molecule has 0 bridgehead atoms. The third-order valence-electron chi connectivity index (χ3n) is 6.76. The lowest BCUT2D eigenvalue weighted by Crippen LogP contribution is -2.72. The summed E-state index contributed by atoms with van der Waals surface area (Å²) >= 11 is 0. The van der Waals surface area contributed by atoms with Crippen molar-refractivity contribution < 1.29 is 42.4 Å². The maximum Gasteiger partial charge on any atom is 0.338 e. The van der Waals surface area contributed by atoms with Crippen LogP contribution in [0.2, 0.25) is 18.1 Å². The summed E-state index contributed by atoms with van der Waals surface area (Å²) < 4.78 is 46.8. The molecule has 31 heavy (non-hydrogen) atoms. The highest BCUT2D eigenvalue weighted by Gasteiger charge is 2.63. The molecule has 0 spiro atoms. The topological polar surface area (TPSA) is 90.9 Å². The Morgan fingerprint density at radius 3 is 2.06 bits per heavy atom. The molecule has 2 saturated heterocycles. The van der Waals surface area contributed by atoms with Gasteiger partial charge in [0.2, 0.25) is 11.6 Å². The Labute approximate surface area is 187 Å². The van der Waals surface area contributed by atoms with Gasteiger partial charge in [-0.3, -0.25) is 0 Å². The third-order valence-corrected chi connectivity index (χ3v) is 11.3. The first-order chi connectivity index (χ1) is 14.2. The van der Waals surface area contributed by atoms with Crippen LogP contribution in [-0.2, 0) is 42.4 Å². The summed E-state index contributed by atoms with van der Waals surface area (Å²) in [6.07, 6.45) is -3.18. The van der Waals surface area contributed by atoms with Crippen molar-refractivity contribution in [1.29, 1.82) is 0 Å². The highest BCUT2D eigenvalue weighted by atomic mass is 28.4. The molecule has 0 saturated carbocycles. The van der Waals surface area contributed by atoms with Crippen molar-refractivity contribution in [3.05, 3.63) is 0 Å². The number of ether oxygens (including phenoxy) is 7. The van der Waals surface area contributed by atoms with E-state index in [1.807, 2.05) is 6.92 Å². The van der Waals surface area contributed by atoms with Crippen molar-refractivity contribution >= 4 is 14.3 Å². The fraction of sp³-hybridized carbons (Fsp3) is 0.952. The van der Waals surface area contributed by atoms with Crippen molar-refractivity contribution in [1.82, 2.24) is 0 Å². The van der Waals surface area contributed by atoms with Crippen LogP contribution in [0.4, 0.5) is 0 Å². The van der Waals surface area contributed by atoms with E-state index in [0.29, 0.717) is 6.61 Å². The first-order valence-corrected chi connectivity index (χ1v) is 13.7. The molecule has 9 nitrogen and oxygen atoms in total. The van der Waals surface area contributed by atoms with Crippen LogP contribution in [0.5, 0.6) is 0 Å². The second-order valence-corrected chi connectivity index (χ2v) is 14.5. The summed E-state index contributed by atoms with van der Waals surface area (Å²) in [5, 5.41) is 0.00774. The van der Waals surface area contributed by atoms with Crippen LogP contribution in [0.1, 0.15) is 41.5 Å². The summed E-state index contributed by atoms with van der Waals surface area (Å²) in [7, 11) is 0.926. The van der Waals surface area contributed by atoms with E-state index < -0.39 is 50.3 Å². The summed E-state index contributed by atoms with van der Waals surface area (Å²) in [5.41, 5.74) is 0. The van der Waals surface area contributed by atoms with Gasteiger partial charge in [0.25, 0.3) is 0 Å². The van der Waals surface area contributed by atoms with E-state index in [2.05, 4.69) is 33.9 Å². The van der Waals surface area contributed by atoms with E-state index in [-0.39, 0.29) is 18.4 Å². The van der Waals surface area contributed by atoms with Gasteiger partial charge in [-0.15, -0.1) is 0 Å². The van der Waals surface area contributed by atoms with Gasteiger partial charge in [0.15, 0.2) is 20.5 Å². The number of cyclic esters (lactones) is 1. The molecular weight excluding hydrogens is 424 g/mol. The average molecular weight is 465 g/mol. The molecule has 0 aliphatic carbocycles. The standard InChI is InChI=1S/C21H40O9Si/c1-11-25-13-26-17-16-15(29-20(5,23-7)21(6,24-8)30-16)14(28-18(17)22)12-27-31(9,10)19(2,3)4/h14-17H,11-13H2,1-10H3/t14-,15-,16+,17+,20+,21+/m1/s1. The van der Waals surface area contributed by atoms with Gasteiger partial charge in [-0.1, -0.05) is 20.8 Å². The molecule has 0 radical (unpaired) electrons. The number of carbonyl (C=O) groups excluding carboxylic acids is 1. The maximum atomic E-state index is 12.9. The lowest BCUT2D eigenvalue weighted by atomic mass is 9.94. The van der Waals surface area contributed by atoms with Gasteiger partial charge in [-0.05, 0) is 38.9 Å². The zero-order chi connectivity index (χ0) is 23.7. The first kappa shape index (κ1) is 26.7. The fourth-order valence-electron chi connectivity index (χ4n) is 3.28. The van der Waals surface area contributed by atoms with Gasteiger partial charge in [0, 0.05) is 20.8 Å². The molecule has 0 amide bonds. The van der Waals surface area contributed by atoms with E-state index in [9.17, 15) is 4.79 Å². The Balaban J connectivity index is 2.31. The lowest BCUT2D eigenvalue weighted by Gasteiger charge is -2.55. The van der Waals surface area contributed by atoms with Crippen LogP contribution in [0.25, 0.3) is 0 Å². The zero-order valence-electron chi connectivity index (χ0n) is 20.6. The number of hydrogen-bond acceptors (Lipinski definition) is 9. The molecule has 0 aromatic carbocycles. The van der Waals surface area contributed by atoms with Crippen LogP contribution >= 0.6 is 0 Å². The highest BCUT2D eigenvalue weighted by molar-refractivity contribution is 6.74. The van der Waals surface area contributed by atoms with E-state index >= 15 is 0 Å². The highest BCUT2D eigenvalue weighted by Crippen LogP contribution is 2.44. The molecule has 2 aliphatic rings. The van der Waals surface area contributed by atoms with Crippen molar-refractivity contribution in [2.45, 2.75) is 95.7 Å². The normalized spacial score (nSPS) is 36.8. The summed E-state index contributed by atoms with van der Waals surface area (Å²) in [5.74, 6) is -3.07. The molecule has 6 atom stereocenters. The first-order valence-electron chi connectivity index (χ1n) is 10.7. The molecule has 2 heterocycles. The molecule has 10 heteroatoms. The maximum absolute atomic E-state index is 12.9. The van der Waals surface area contributed by atoms with Crippen LogP contribution in [-0.4, -0.2) is 84.5 Å². The van der Waals surface area contributed by atoms with E-state index in [4.69, 9.17) is 37.6 Å². The molecule has 2 aliphatic heterocycles. The largest absolute Gasteiger partial charge is 0.455 e.